The van der Waals surface area contributed by atoms with Crippen LogP contribution in [0.15, 0.2) is 0 Å². The number of hydrogen-bond acceptors (Lipinski definition) is 4. The fourth-order valence-corrected chi connectivity index (χ4v) is 0. The van der Waals surface area contributed by atoms with Crippen molar-refractivity contribution in [1.29, 1.82) is 0 Å². The summed E-state index contributed by atoms with van der Waals surface area (Å²) in [4.78, 5) is 0. The second-order valence-electron chi connectivity index (χ2n) is 0.589. The van der Waals surface area contributed by atoms with Crippen LogP contribution in [0.2, 0.25) is 0 Å². The molecule has 0 aliphatic heterocycles. The second-order valence-corrected chi connectivity index (χ2v) is 1.77. The quantitative estimate of drug-likeness (QED) is 0.312. The molecule has 0 saturated carbocycles. The molecule has 0 aliphatic carbocycles. The van der Waals surface area contributed by atoms with E-state index in [0.29, 0.717) is 0 Å². The predicted molar refractivity (Wildman–Crippen MR) is 24.1 cm³/mol. The van der Waals surface area contributed by atoms with Gasteiger partial charge in [-0.05, 0) is 0 Å². The molecule has 0 heterocycles. The molecule has 0 aromatic rings. The summed E-state index contributed by atoms with van der Waals surface area (Å²) >= 11 is 0. The molecule has 0 amide bonds. The first-order valence-corrected chi connectivity index (χ1v) is 2.44. The van der Waals surface area contributed by atoms with E-state index < -0.39 is 10.3 Å². The van der Waals surface area contributed by atoms with Crippen molar-refractivity contribution in [2.45, 2.75) is 0 Å². The summed E-state index contributed by atoms with van der Waals surface area (Å²) in [6, 6.07) is 0. The van der Waals surface area contributed by atoms with Crippen molar-refractivity contribution < 1.29 is 12.7 Å². The molecule has 39 valence electrons. The van der Waals surface area contributed by atoms with E-state index >= 15 is 0 Å². The van der Waals surface area contributed by atoms with Crippen molar-refractivity contribution in [1.82, 2.24) is 0 Å². The van der Waals surface area contributed by atoms with E-state index in [2.05, 4.69) is 15.3 Å². The molecule has 1 radical (unpaired) electrons. The number of rotatable bonds is 1. The minimum atomic E-state index is -3.88. The summed E-state index contributed by atoms with van der Waals surface area (Å²) in [5.41, 5.74) is 0. The molecule has 0 aromatic heterocycles. The Morgan fingerprint density at radius 3 is 1.57 bits per heavy atom. The van der Waals surface area contributed by atoms with Crippen molar-refractivity contribution in [3.63, 3.8) is 0 Å². The van der Waals surface area contributed by atoms with E-state index in [-0.39, 0.29) is 29.6 Å². The van der Waals surface area contributed by atoms with Crippen molar-refractivity contribution in [3.05, 3.63) is 0 Å². The monoisotopic (exact) mass is 135 g/mol. The van der Waals surface area contributed by atoms with E-state index in [1.54, 1.807) is 0 Å². The Morgan fingerprint density at radius 1 is 1.43 bits per heavy atom. The Balaban J connectivity index is 0. The van der Waals surface area contributed by atoms with Crippen LogP contribution in [-0.2, 0) is 14.6 Å². The number of hydrogen-bond donors (Lipinski definition) is 2. The molecule has 0 aliphatic rings. The van der Waals surface area contributed by atoms with Gasteiger partial charge in [-0.25, -0.2) is 5.14 Å². The third-order valence-electron chi connectivity index (χ3n) is 0.134. The van der Waals surface area contributed by atoms with Gasteiger partial charge in [-0.1, -0.05) is 0 Å². The molecular formula is H4N2NaO3S. The molecule has 7 heavy (non-hydrogen) atoms. The maximum atomic E-state index is 9.43. The second kappa shape index (κ2) is 3.79. The van der Waals surface area contributed by atoms with Gasteiger partial charge in [-0.3, -0.25) is 0 Å². The Hall–Kier alpha value is 0.830. The first-order valence-electron chi connectivity index (χ1n) is 0.971. The molecule has 0 atom stereocenters. The summed E-state index contributed by atoms with van der Waals surface area (Å²) < 4.78 is 22.0. The normalized spacial score (nSPS) is 10.0. The topological polar surface area (TPSA) is 95.4 Å². The van der Waals surface area contributed by atoms with E-state index in [0.717, 1.165) is 0 Å². The Bertz CT molecular complexity index is 115. The average Bonchev–Trinajstić information content (AvgIpc) is 1.35. The maximum Gasteiger partial charge on any atom is 0.349 e. The van der Waals surface area contributed by atoms with Crippen LogP contribution in [0.1, 0.15) is 0 Å². The molecular weight excluding hydrogens is 131 g/mol. The molecule has 0 saturated heterocycles. The van der Waals surface area contributed by atoms with Crippen LogP contribution in [0.5, 0.6) is 0 Å². The van der Waals surface area contributed by atoms with Gasteiger partial charge in [0.1, 0.15) is 0 Å². The van der Waals surface area contributed by atoms with Gasteiger partial charge in [0, 0.05) is 29.6 Å². The molecule has 0 fully saturated rings. The van der Waals surface area contributed by atoms with Gasteiger partial charge < -0.3 is 0 Å². The SMILES string of the molecule is NOS(N)(=O)=O.[Na]. The summed E-state index contributed by atoms with van der Waals surface area (Å²) in [5, 5.41) is 4.16. The zero-order valence-electron chi connectivity index (χ0n) is 3.79. The molecule has 0 aromatic carbocycles. The van der Waals surface area contributed by atoms with Gasteiger partial charge in [0.15, 0.2) is 0 Å². The standard InChI is InChI=1S/H4N2O3S.Na/c1-5-6(2,3)4;/h1H2,(H2,2,3,4);. The summed E-state index contributed by atoms with van der Waals surface area (Å²) in [6.07, 6.45) is 0. The molecule has 7 heteroatoms. The van der Waals surface area contributed by atoms with Gasteiger partial charge in [0.2, 0.25) is 0 Å². The molecule has 0 unspecified atom stereocenters. The van der Waals surface area contributed by atoms with Gasteiger partial charge in [0.25, 0.3) is 0 Å². The average molecular weight is 135 g/mol. The van der Waals surface area contributed by atoms with Crippen LogP contribution < -0.4 is 11.0 Å². The fraction of sp³-hybridized carbons (Fsp3) is 0. The minimum absolute atomic E-state index is 0. The smallest absolute Gasteiger partial charge is 0.204 e. The zero-order valence-corrected chi connectivity index (χ0v) is 6.60. The van der Waals surface area contributed by atoms with Gasteiger partial charge in [0.05, 0.1) is 0 Å². The van der Waals surface area contributed by atoms with Crippen molar-refractivity contribution in [3.8, 4) is 0 Å². The first-order chi connectivity index (χ1) is 2.56. The van der Waals surface area contributed by atoms with Crippen LogP contribution >= 0.6 is 0 Å². The predicted octanol–water partition coefficient (Wildman–Crippen LogP) is -2.30. The Morgan fingerprint density at radius 2 is 1.57 bits per heavy atom. The molecule has 5 nitrogen and oxygen atoms in total. The minimum Gasteiger partial charge on any atom is -0.204 e. The van der Waals surface area contributed by atoms with E-state index in [1.165, 1.54) is 0 Å². The molecule has 0 rings (SSSR count). The first kappa shape index (κ1) is 10.7. The van der Waals surface area contributed by atoms with Gasteiger partial charge in [-0.15, -0.1) is 0 Å². The fourth-order valence-electron chi connectivity index (χ4n) is 0. The summed E-state index contributed by atoms with van der Waals surface area (Å²) in [6.45, 7) is 0. The third-order valence-corrected chi connectivity index (χ3v) is 0.402. The Labute approximate surface area is 63.5 Å². The largest absolute Gasteiger partial charge is 0.349 e. The zero-order chi connectivity index (χ0) is 5.21. The van der Waals surface area contributed by atoms with Crippen LogP contribution in [0.25, 0.3) is 0 Å². The van der Waals surface area contributed by atoms with E-state index in [1.807, 2.05) is 0 Å². The summed E-state index contributed by atoms with van der Waals surface area (Å²) in [5.74, 6) is 4.09. The molecule has 0 spiro atoms. The van der Waals surface area contributed by atoms with E-state index in [4.69, 9.17) is 0 Å². The third kappa shape index (κ3) is 10.9. The molecule has 4 N–H and O–H groups in total. The van der Waals surface area contributed by atoms with Crippen LogP contribution in [0.4, 0.5) is 0 Å². The van der Waals surface area contributed by atoms with Crippen molar-refractivity contribution >= 4 is 39.9 Å². The maximum absolute atomic E-state index is 9.43. The van der Waals surface area contributed by atoms with Gasteiger partial charge in [-0.2, -0.15) is 18.6 Å². The summed E-state index contributed by atoms with van der Waals surface area (Å²) in [7, 11) is -3.88. The van der Waals surface area contributed by atoms with Gasteiger partial charge >= 0.3 is 10.3 Å². The van der Waals surface area contributed by atoms with Crippen LogP contribution in [0.3, 0.4) is 0 Å². The van der Waals surface area contributed by atoms with Crippen molar-refractivity contribution in [2.24, 2.45) is 11.0 Å². The van der Waals surface area contributed by atoms with Crippen LogP contribution in [0, 0.1) is 0 Å². The Kier molecular flexibility index (Phi) is 5.81. The van der Waals surface area contributed by atoms with Crippen molar-refractivity contribution in [2.75, 3.05) is 0 Å². The van der Waals surface area contributed by atoms with E-state index in [9.17, 15) is 8.42 Å². The number of nitrogens with two attached hydrogens (primary N) is 2. The molecule has 0 bridgehead atoms. The van der Waals surface area contributed by atoms with Crippen LogP contribution in [-0.4, -0.2) is 38.0 Å².